The zero-order valence-electron chi connectivity index (χ0n) is 10.3. The monoisotopic (exact) mass is 265 g/mol. The first-order valence-corrected chi connectivity index (χ1v) is 5.97. The van der Waals surface area contributed by atoms with E-state index in [0.29, 0.717) is 31.8 Å². The van der Waals surface area contributed by atoms with Gasteiger partial charge in [0.2, 0.25) is 0 Å². The van der Waals surface area contributed by atoms with Crippen molar-refractivity contribution < 1.29 is 14.5 Å². The molecule has 1 aliphatic rings. The average Bonchev–Trinajstić information content (AvgIpc) is 2.46. The van der Waals surface area contributed by atoms with Crippen molar-refractivity contribution in [3.8, 4) is 0 Å². The van der Waals surface area contributed by atoms with Crippen molar-refractivity contribution in [2.24, 2.45) is 5.73 Å². The van der Waals surface area contributed by atoms with E-state index in [1.54, 1.807) is 4.90 Å². The summed E-state index contributed by atoms with van der Waals surface area (Å²) in [4.78, 5) is 23.9. The molecule has 1 aromatic carbocycles. The number of non-ortho nitro benzene ring substituents is 1. The number of ether oxygens (including phenoxy) is 1. The first-order chi connectivity index (χ1) is 9.11. The third kappa shape index (κ3) is 3.07. The first-order valence-electron chi connectivity index (χ1n) is 5.97. The van der Waals surface area contributed by atoms with Crippen LogP contribution in [0.1, 0.15) is 10.4 Å². The van der Waals surface area contributed by atoms with Crippen LogP contribution in [0, 0.1) is 10.1 Å². The normalized spacial score (nSPS) is 19.2. The number of nitrogens with two attached hydrogens (primary N) is 1. The van der Waals surface area contributed by atoms with E-state index in [0.717, 1.165) is 0 Å². The predicted molar refractivity (Wildman–Crippen MR) is 67.8 cm³/mol. The fourth-order valence-corrected chi connectivity index (χ4v) is 1.95. The van der Waals surface area contributed by atoms with Crippen LogP contribution in [0.4, 0.5) is 5.69 Å². The zero-order chi connectivity index (χ0) is 13.8. The van der Waals surface area contributed by atoms with Crippen LogP contribution in [-0.2, 0) is 4.74 Å². The van der Waals surface area contributed by atoms with Gasteiger partial charge in [0.1, 0.15) is 0 Å². The van der Waals surface area contributed by atoms with Crippen LogP contribution in [0.3, 0.4) is 0 Å². The number of nitrogens with zero attached hydrogens (tertiary/aromatic N) is 2. The van der Waals surface area contributed by atoms with Crippen molar-refractivity contribution in [1.29, 1.82) is 0 Å². The third-order valence-electron chi connectivity index (χ3n) is 3.01. The van der Waals surface area contributed by atoms with E-state index in [-0.39, 0.29) is 17.7 Å². The maximum Gasteiger partial charge on any atom is 0.269 e. The molecule has 1 aromatic rings. The van der Waals surface area contributed by atoms with E-state index in [9.17, 15) is 14.9 Å². The summed E-state index contributed by atoms with van der Waals surface area (Å²) in [7, 11) is 0. The quantitative estimate of drug-likeness (QED) is 0.629. The Labute approximate surface area is 110 Å². The Kier molecular flexibility index (Phi) is 4.08. The smallest absolute Gasteiger partial charge is 0.269 e. The van der Waals surface area contributed by atoms with E-state index in [1.807, 2.05) is 0 Å². The van der Waals surface area contributed by atoms with Gasteiger partial charge in [0.25, 0.3) is 11.6 Å². The first kappa shape index (κ1) is 13.4. The van der Waals surface area contributed by atoms with Crippen molar-refractivity contribution in [3.63, 3.8) is 0 Å². The zero-order valence-corrected chi connectivity index (χ0v) is 10.3. The van der Waals surface area contributed by atoms with Crippen molar-refractivity contribution in [2.75, 3.05) is 26.2 Å². The van der Waals surface area contributed by atoms with Crippen molar-refractivity contribution in [3.05, 3.63) is 39.9 Å². The van der Waals surface area contributed by atoms with Gasteiger partial charge in [-0.25, -0.2) is 0 Å². The summed E-state index contributed by atoms with van der Waals surface area (Å²) >= 11 is 0. The Hall–Kier alpha value is -1.99. The molecule has 2 N–H and O–H groups in total. The van der Waals surface area contributed by atoms with E-state index in [4.69, 9.17) is 10.5 Å². The molecule has 1 heterocycles. The summed E-state index contributed by atoms with van der Waals surface area (Å²) in [6.45, 7) is 1.78. The number of hydrogen-bond acceptors (Lipinski definition) is 5. The molecule has 1 unspecified atom stereocenters. The van der Waals surface area contributed by atoms with E-state index in [2.05, 4.69) is 0 Å². The maximum absolute atomic E-state index is 12.2. The number of hydrogen-bond donors (Lipinski definition) is 1. The van der Waals surface area contributed by atoms with Crippen molar-refractivity contribution >= 4 is 11.6 Å². The highest BCUT2D eigenvalue weighted by Crippen LogP contribution is 2.15. The molecule has 7 heteroatoms. The number of amides is 1. The van der Waals surface area contributed by atoms with Gasteiger partial charge in [0.05, 0.1) is 17.6 Å². The molecule has 2 rings (SSSR count). The van der Waals surface area contributed by atoms with Gasteiger partial charge in [-0.2, -0.15) is 0 Å². The third-order valence-corrected chi connectivity index (χ3v) is 3.01. The Morgan fingerprint density at radius 3 is 2.74 bits per heavy atom. The van der Waals surface area contributed by atoms with Gasteiger partial charge in [0, 0.05) is 37.3 Å². The lowest BCUT2D eigenvalue weighted by Crippen LogP contribution is -2.48. The van der Waals surface area contributed by atoms with Crippen molar-refractivity contribution in [1.82, 2.24) is 4.90 Å². The van der Waals surface area contributed by atoms with E-state index >= 15 is 0 Å². The largest absolute Gasteiger partial charge is 0.373 e. The molecular formula is C12H15N3O4. The summed E-state index contributed by atoms with van der Waals surface area (Å²) in [5.41, 5.74) is 5.92. The Bertz CT molecular complexity index is 474. The van der Waals surface area contributed by atoms with Gasteiger partial charge in [-0.1, -0.05) is 0 Å². The second kappa shape index (κ2) is 5.77. The average molecular weight is 265 g/mol. The van der Waals surface area contributed by atoms with E-state index < -0.39 is 4.92 Å². The van der Waals surface area contributed by atoms with Crippen LogP contribution < -0.4 is 5.73 Å². The fraction of sp³-hybridized carbons (Fsp3) is 0.417. The lowest BCUT2D eigenvalue weighted by Gasteiger charge is -2.32. The molecule has 1 amide bonds. The molecular weight excluding hydrogens is 250 g/mol. The van der Waals surface area contributed by atoms with Gasteiger partial charge in [-0.05, 0) is 12.1 Å². The highest BCUT2D eigenvalue weighted by atomic mass is 16.6. The number of nitro benzene ring substituents is 1. The van der Waals surface area contributed by atoms with Gasteiger partial charge in [0.15, 0.2) is 0 Å². The molecule has 0 spiro atoms. The summed E-state index contributed by atoms with van der Waals surface area (Å²) < 4.78 is 5.39. The molecule has 0 bridgehead atoms. The lowest BCUT2D eigenvalue weighted by atomic mass is 10.1. The van der Waals surface area contributed by atoms with Crippen LogP contribution in [0.2, 0.25) is 0 Å². The number of carbonyl (C=O) groups excluding carboxylic acids is 1. The molecule has 0 saturated carbocycles. The topological polar surface area (TPSA) is 98.7 Å². The standard InChI is InChI=1S/C12H15N3O4/c13-7-11-8-14(5-6-19-11)12(16)9-1-3-10(4-2-9)15(17)18/h1-4,11H,5-8,13H2. The summed E-state index contributed by atoms with van der Waals surface area (Å²) in [5.74, 6) is -0.156. The summed E-state index contributed by atoms with van der Waals surface area (Å²) in [6, 6.07) is 5.59. The summed E-state index contributed by atoms with van der Waals surface area (Å²) in [6.07, 6.45) is -0.143. The number of morpholine rings is 1. The molecule has 1 fully saturated rings. The molecule has 1 aliphatic heterocycles. The molecule has 7 nitrogen and oxygen atoms in total. The van der Waals surface area contributed by atoms with Crippen LogP contribution in [0.25, 0.3) is 0 Å². The van der Waals surface area contributed by atoms with Gasteiger partial charge in [-0.15, -0.1) is 0 Å². The second-order valence-electron chi connectivity index (χ2n) is 4.28. The Balaban J connectivity index is 2.08. The summed E-state index contributed by atoms with van der Waals surface area (Å²) in [5, 5.41) is 10.5. The van der Waals surface area contributed by atoms with Crippen LogP contribution in [0.5, 0.6) is 0 Å². The highest BCUT2D eigenvalue weighted by Gasteiger charge is 2.24. The minimum Gasteiger partial charge on any atom is -0.373 e. The van der Waals surface area contributed by atoms with Gasteiger partial charge >= 0.3 is 0 Å². The van der Waals surface area contributed by atoms with Gasteiger partial charge < -0.3 is 15.4 Å². The SMILES string of the molecule is NCC1CN(C(=O)c2ccc([N+](=O)[O-])cc2)CCO1. The minimum atomic E-state index is -0.493. The Morgan fingerprint density at radius 2 is 2.16 bits per heavy atom. The van der Waals surface area contributed by atoms with Crippen molar-refractivity contribution in [2.45, 2.75) is 6.10 Å². The molecule has 1 atom stereocenters. The van der Waals surface area contributed by atoms with Crippen LogP contribution in [0.15, 0.2) is 24.3 Å². The fourth-order valence-electron chi connectivity index (χ4n) is 1.95. The number of nitro groups is 1. The molecule has 102 valence electrons. The Morgan fingerprint density at radius 1 is 1.47 bits per heavy atom. The molecule has 19 heavy (non-hydrogen) atoms. The number of benzene rings is 1. The molecule has 1 saturated heterocycles. The second-order valence-corrected chi connectivity index (χ2v) is 4.28. The van der Waals surface area contributed by atoms with Gasteiger partial charge in [-0.3, -0.25) is 14.9 Å². The van der Waals surface area contributed by atoms with Crippen LogP contribution in [-0.4, -0.2) is 48.1 Å². The number of carbonyl (C=O) groups is 1. The lowest BCUT2D eigenvalue weighted by molar-refractivity contribution is -0.384. The minimum absolute atomic E-state index is 0.0293. The van der Waals surface area contributed by atoms with Crippen LogP contribution >= 0.6 is 0 Å². The predicted octanol–water partition coefficient (Wildman–Crippen LogP) is 0.395. The molecule has 0 aromatic heterocycles. The highest BCUT2D eigenvalue weighted by molar-refractivity contribution is 5.94. The maximum atomic E-state index is 12.2. The molecule has 0 aliphatic carbocycles. The number of rotatable bonds is 3. The van der Waals surface area contributed by atoms with E-state index in [1.165, 1.54) is 24.3 Å². The molecule has 0 radical (unpaired) electrons.